The molecule has 1 aromatic heterocycles. The van der Waals surface area contributed by atoms with Gasteiger partial charge in [0.1, 0.15) is 11.8 Å². The zero-order chi connectivity index (χ0) is 19.2. The summed E-state index contributed by atoms with van der Waals surface area (Å²) in [4.78, 5) is 12.9. The third-order valence-corrected chi connectivity index (χ3v) is 4.73. The Kier molecular flexibility index (Phi) is 6.08. The lowest BCUT2D eigenvalue weighted by molar-refractivity contribution is 0.601. The smallest absolute Gasteiger partial charge is 0.200 e. The third-order valence-electron chi connectivity index (χ3n) is 4.73. The van der Waals surface area contributed by atoms with E-state index in [1.807, 2.05) is 48.5 Å². The second kappa shape index (κ2) is 8.68. The van der Waals surface area contributed by atoms with E-state index in [1.54, 1.807) is 6.26 Å². The second-order valence-electron chi connectivity index (χ2n) is 7.21. The van der Waals surface area contributed by atoms with Gasteiger partial charge in [-0.05, 0) is 57.2 Å². The first-order chi connectivity index (χ1) is 13.1. The molecule has 0 aliphatic rings. The number of fused-ring (bicyclic) bond motifs is 1. The highest BCUT2D eigenvalue weighted by Gasteiger charge is 2.11. The van der Waals surface area contributed by atoms with Crippen molar-refractivity contribution in [1.82, 2.24) is 0 Å². The minimum absolute atomic E-state index is 0.0218. The van der Waals surface area contributed by atoms with Crippen molar-refractivity contribution in [3.05, 3.63) is 93.9 Å². The van der Waals surface area contributed by atoms with E-state index in [1.165, 1.54) is 11.1 Å². The quantitative estimate of drug-likeness (QED) is 0.459. The Bertz CT molecular complexity index is 1030. The van der Waals surface area contributed by atoms with Crippen molar-refractivity contribution in [1.29, 1.82) is 0 Å². The van der Waals surface area contributed by atoms with Crippen LogP contribution in [0.15, 0.2) is 87.3 Å². The second-order valence-corrected chi connectivity index (χ2v) is 7.21. The van der Waals surface area contributed by atoms with Gasteiger partial charge in [-0.25, -0.2) is 0 Å². The van der Waals surface area contributed by atoms with Crippen molar-refractivity contribution in [2.75, 3.05) is 0 Å². The molecule has 2 nitrogen and oxygen atoms in total. The van der Waals surface area contributed by atoms with Crippen LogP contribution >= 0.6 is 0 Å². The van der Waals surface area contributed by atoms with Gasteiger partial charge in [0.05, 0.1) is 10.9 Å². The standard InChI is InChI=1S/C25H26O2/c1-18(2)9-7-10-19(3)15-16-21-13-8-14-22-24(26)23(17-27-25(21)22)20-11-5-4-6-12-20/h4-6,8-9,11-15,17H,7,10,16H2,1-3H3/b19-15+. The summed E-state index contributed by atoms with van der Waals surface area (Å²) < 4.78 is 5.92. The first-order valence-corrected chi connectivity index (χ1v) is 9.44. The fourth-order valence-electron chi connectivity index (χ4n) is 3.17. The molecule has 0 saturated heterocycles. The van der Waals surface area contributed by atoms with E-state index in [0.717, 1.165) is 30.4 Å². The number of hydrogen-bond donors (Lipinski definition) is 0. The molecule has 3 aromatic rings. The lowest BCUT2D eigenvalue weighted by atomic mass is 10.0. The fourth-order valence-corrected chi connectivity index (χ4v) is 3.17. The first kappa shape index (κ1) is 18.9. The molecule has 0 spiro atoms. The average molecular weight is 358 g/mol. The van der Waals surface area contributed by atoms with Crippen molar-refractivity contribution in [2.24, 2.45) is 0 Å². The van der Waals surface area contributed by atoms with Crippen LogP contribution in [0.25, 0.3) is 22.1 Å². The maximum Gasteiger partial charge on any atom is 0.200 e. The van der Waals surface area contributed by atoms with Gasteiger partial charge in [0.15, 0.2) is 5.43 Å². The summed E-state index contributed by atoms with van der Waals surface area (Å²) >= 11 is 0. The molecule has 27 heavy (non-hydrogen) atoms. The number of allylic oxidation sites excluding steroid dienone is 4. The van der Waals surface area contributed by atoms with Gasteiger partial charge in [0.2, 0.25) is 0 Å². The molecule has 0 fully saturated rings. The minimum atomic E-state index is 0.0218. The highest BCUT2D eigenvalue weighted by molar-refractivity contribution is 5.84. The van der Waals surface area contributed by atoms with Crippen molar-refractivity contribution >= 4 is 11.0 Å². The average Bonchev–Trinajstić information content (AvgIpc) is 2.67. The Hall–Kier alpha value is -2.87. The summed E-state index contributed by atoms with van der Waals surface area (Å²) in [5.74, 6) is 0. The molecule has 0 atom stereocenters. The van der Waals surface area contributed by atoms with Crippen LogP contribution in [0.4, 0.5) is 0 Å². The highest BCUT2D eigenvalue weighted by Crippen LogP contribution is 2.23. The van der Waals surface area contributed by atoms with E-state index in [2.05, 4.69) is 32.9 Å². The SMILES string of the molecule is CC(C)=CCC/C(C)=C/Cc1cccc2c(=O)c(-c3ccccc3)coc12. The normalized spacial score (nSPS) is 11.6. The van der Waals surface area contributed by atoms with Crippen molar-refractivity contribution < 1.29 is 4.42 Å². The fraction of sp³-hybridized carbons (Fsp3) is 0.240. The largest absolute Gasteiger partial charge is 0.463 e. The van der Waals surface area contributed by atoms with Crippen LogP contribution in [-0.4, -0.2) is 0 Å². The van der Waals surface area contributed by atoms with Crippen molar-refractivity contribution in [3.8, 4) is 11.1 Å². The van der Waals surface area contributed by atoms with Gasteiger partial charge in [0, 0.05) is 0 Å². The van der Waals surface area contributed by atoms with E-state index < -0.39 is 0 Å². The lowest BCUT2D eigenvalue weighted by Gasteiger charge is -2.06. The van der Waals surface area contributed by atoms with Crippen LogP contribution in [0, 0.1) is 0 Å². The van der Waals surface area contributed by atoms with E-state index >= 15 is 0 Å². The van der Waals surface area contributed by atoms with Crippen LogP contribution in [0.5, 0.6) is 0 Å². The summed E-state index contributed by atoms with van der Waals surface area (Å²) in [6.07, 6.45) is 8.98. The van der Waals surface area contributed by atoms with Gasteiger partial charge in [-0.3, -0.25) is 4.79 Å². The number of rotatable bonds is 6. The van der Waals surface area contributed by atoms with E-state index in [0.29, 0.717) is 16.5 Å². The van der Waals surface area contributed by atoms with Gasteiger partial charge in [-0.1, -0.05) is 65.8 Å². The van der Waals surface area contributed by atoms with E-state index in [-0.39, 0.29) is 5.43 Å². The zero-order valence-electron chi connectivity index (χ0n) is 16.3. The zero-order valence-corrected chi connectivity index (χ0v) is 16.3. The molecular weight excluding hydrogens is 332 g/mol. The van der Waals surface area contributed by atoms with Gasteiger partial charge < -0.3 is 4.42 Å². The van der Waals surface area contributed by atoms with Gasteiger partial charge in [0.25, 0.3) is 0 Å². The molecule has 0 radical (unpaired) electrons. The van der Waals surface area contributed by atoms with Crippen LogP contribution in [0.1, 0.15) is 39.2 Å². The Labute approximate surface area is 160 Å². The van der Waals surface area contributed by atoms with Crippen LogP contribution in [0.2, 0.25) is 0 Å². The van der Waals surface area contributed by atoms with Gasteiger partial charge in [-0.2, -0.15) is 0 Å². The number of para-hydroxylation sites is 1. The molecule has 0 N–H and O–H groups in total. The van der Waals surface area contributed by atoms with Crippen LogP contribution in [0.3, 0.4) is 0 Å². The summed E-state index contributed by atoms with van der Waals surface area (Å²) in [5, 5.41) is 0.643. The third kappa shape index (κ3) is 4.65. The maximum absolute atomic E-state index is 12.9. The summed E-state index contributed by atoms with van der Waals surface area (Å²) in [6, 6.07) is 15.5. The summed E-state index contributed by atoms with van der Waals surface area (Å²) in [6.45, 7) is 6.41. The van der Waals surface area contributed by atoms with E-state index in [9.17, 15) is 4.79 Å². The summed E-state index contributed by atoms with van der Waals surface area (Å²) in [7, 11) is 0. The van der Waals surface area contributed by atoms with Crippen molar-refractivity contribution in [2.45, 2.75) is 40.0 Å². The Morgan fingerprint density at radius 1 is 0.963 bits per heavy atom. The lowest BCUT2D eigenvalue weighted by Crippen LogP contribution is -2.05. The molecule has 2 heteroatoms. The Balaban J connectivity index is 1.89. The minimum Gasteiger partial charge on any atom is -0.463 e. The first-order valence-electron chi connectivity index (χ1n) is 9.44. The van der Waals surface area contributed by atoms with Crippen molar-refractivity contribution in [3.63, 3.8) is 0 Å². The van der Waals surface area contributed by atoms with Crippen LogP contribution in [-0.2, 0) is 6.42 Å². The Morgan fingerprint density at radius 2 is 1.74 bits per heavy atom. The Morgan fingerprint density at radius 3 is 2.48 bits per heavy atom. The topological polar surface area (TPSA) is 30.2 Å². The molecule has 0 aliphatic carbocycles. The molecule has 138 valence electrons. The monoisotopic (exact) mass is 358 g/mol. The van der Waals surface area contributed by atoms with Gasteiger partial charge in [-0.15, -0.1) is 0 Å². The molecule has 1 heterocycles. The molecular formula is C25H26O2. The molecule has 0 unspecified atom stereocenters. The van der Waals surface area contributed by atoms with Gasteiger partial charge >= 0.3 is 0 Å². The highest BCUT2D eigenvalue weighted by atomic mass is 16.3. The molecule has 3 rings (SSSR count). The predicted octanol–water partition coefficient (Wildman–Crippen LogP) is 6.70. The summed E-state index contributed by atoms with van der Waals surface area (Å²) in [5.41, 5.74) is 5.96. The number of benzene rings is 2. The van der Waals surface area contributed by atoms with Crippen LogP contribution < -0.4 is 5.43 Å². The molecule has 0 bridgehead atoms. The molecule has 0 amide bonds. The predicted molar refractivity (Wildman–Crippen MR) is 114 cm³/mol. The number of hydrogen-bond acceptors (Lipinski definition) is 2. The van der Waals surface area contributed by atoms with E-state index in [4.69, 9.17) is 4.42 Å². The molecule has 0 saturated carbocycles. The maximum atomic E-state index is 12.9. The molecule has 0 aliphatic heterocycles. The molecule has 2 aromatic carbocycles.